The molecule has 1 aliphatic heterocycles. The van der Waals surface area contributed by atoms with Crippen molar-refractivity contribution in [1.82, 2.24) is 0 Å². The van der Waals surface area contributed by atoms with E-state index in [4.69, 9.17) is 21.4 Å². The van der Waals surface area contributed by atoms with E-state index in [1.807, 2.05) is 6.92 Å². The molecule has 2 rings (SSSR count). The fourth-order valence-electron chi connectivity index (χ4n) is 2.00. The number of carboxylic acid groups (broad SMARTS) is 1. The number of benzene rings is 1. The zero-order chi connectivity index (χ0) is 14.0. The van der Waals surface area contributed by atoms with Crippen LogP contribution in [-0.4, -0.2) is 29.6 Å². The Hall–Kier alpha value is -1.75. The lowest BCUT2D eigenvalue weighted by Crippen LogP contribution is -2.42. The molecule has 5 nitrogen and oxygen atoms in total. The van der Waals surface area contributed by atoms with Crippen molar-refractivity contribution in [1.29, 1.82) is 0 Å². The molecule has 0 saturated carbocycles. The van der Waals surface area contributed by atoms with Crippen LogP contribution in [0, 0.1) is 0 Å². The Labute approximate surface area is 115 Å². The number of carboxylic acids is 1. The van der Waals surface area contributed by atoms with Crippen LogP contribution < -0.4 is 9.64 Å². The van der Waals surface area contributed by atoms with Gasteiger partial charge in [-0.25, -0.2) is 0 Å². The standard InChI is InChI=1S/C13H14ClNO4/c1-8-7-15(12(16)4-5-13(17)18)10-6-9(14)2-3-11(10)19-8/h2-3,6,8H,4-5,7H2,1H3,(H,17,18)/t8-/m1/s1. The molecular formula is C13H14ClNO4. The van der Waals surface area contributed by atoms with Gasteiger partial charge < -0.3 is 14.7 Å². The van der Waals surface area contributed by atoms with Crippen molar-refractivity contribution in [2.45, 2.75) is 25.9 Å². The largest absolute Gasteiger partial charge is 0.487 e. The molecule has 0 aliphatic carbocycles. The third-order valence-corrected chi connectivity index (χ3v) is 3.07. The van der Waals surface area contributed by atoms with E-state index in [1.165, 1.54) is 0 Å². The highest BCUT2D eigenvalue weighted by Crippen LogP contribution is 2.36. The quantitative estimate of drug-likeness (QED) is 0.924. The van der Waals surface area contributed by atoms with Crippen molar-refractivity contribution in [3.63, 3.8) is 0 Å². The fraction of sp³-hybridized carbons (Fsp3) is 0.385. The molecule has 1 aliphatic rings. The highest BCUT2D eigenvalue weighted by Gasteiger charge is 2.27. The molecule has 19 heavy (non-hydrogen) atoms. The summed E-state index contributed by atoms with van der Waals surface area (Å²) in [4.78, 5) is 24.2. The SMILES string of the molecule is C[C@@H]1CN(C(=O)CCC(=O)O)c2cc(Cl)ccc2O1. The van der Waals surface area contributed by atoms with E-state index in [9.17, 15) is 9.59 Å². The minimum absolute atomic E-state index is 0.0337. The molecule has 0 saturated heterocycles. The van der Waals surface area contributed by atoms with E-state index in [1.54, 1.807) is 23.1 Å². The van der Waals surface area contributed by atoms with Crippen LogP contribution in [0.5, 0.6) is 5.75 Å². The maximum Gasteiger partial charge on any atom is 0.303 e. The van der Waals surface area contributed by atoms with Crippen LogP contribution in [0.3, 0.4) is 0 Å². The highest BCUT2D eigenvalue weighted by molar-refractivity contribution is 6.31. The van der Waals surface area contributed by atoms with Gasteiger partial charge in [0.15, 0.2) is 0 Å². The second kappa shape index (κ2) is 5.48. The Kier molecular flexibility index (Phi) is 3.95. The zero-order valence-electron chi connectivity index (χ0n) is 10.4. The number of fused-ring (bicyclic) bond motifs is 1. The van der Waals surface area contributed by atoms with E-state index in [0.717, 1.165) is 0 Å². The first-order valence-corrected chi connectivity index (χ1v) is 6.33. The Morgan fingerprint density at radius 3 is 2.89 bits per heavy atom. The average Bonchev–Trinajstić information content (AvgIpc) is 2.35. The summed E-state index contributed by atoms with van der Waals surface area (Å²) in [6, 6.07) is 5.06. The molecule has 1 N–H and O–H groups in total. The first kappa shape index (κ1) is 13.7. The van der Waals surface area contributed by atoms with Crippen LogP contribution in [0.1, 0.15) is 19.8 Å². The van der Waals surface area contributed by atoms with Crippen molar-refractivity contribution in [2.75, 3.05) is 11.4 Å². The summed E-state index contributed by atoms with van der Waals surface area (Å²) >= 11 is 5.92. The number of carbonyl (C=O) groups excluding carboxylic acids is 1. The smallest absolute Gasteiger partial charge is 0.303 e. The molecule has 102 valence electrons. The summed E-state index contributed by atoms with van der Waals surface area (Å²) in [5.74, 6) is -0.631. The van der Waals surface area contributed by atoms with E-state index in [0.29, 0.717) is 23.0 Å². The highest BCUT2D eigenvalue weighted by atomic mass is 35.5. The number of ether oxygens (including phenoxy) is 1. The van der Waals surface area contributed by atoms with E-state index < -0.39 is 5.97 Å². The van der Waals surface area contributed by atoms with E-state index in [-0.39, 0.29) is 24.9 Å². The molecule has 0 spiro atoms. The topological polar surface area (TPSA) is 66.8 Å². The van der Waals surface area contributed by atoms with Crippen molar-refractivity contribution in [2.24, 2.45) is 0 Å². The predicted molar refractivity (Wildman–Crippen MR) is 70.8 cm³/mol. The summed E-state index contributed by atoms with van der Waals surface area (Å²) in [7, 11) is 0. The van der Waals surface area contributed by atoms with Crippen molar-refractivity contribution < 1.29 is 19.4 Å². The number of halogens is 1. The lowest BCUT2D eigenvalue weighted by molar-refractivity contribution is -0.138. The zero-order valence-corrected chi connectivity index (χ0v) is 11.2. The van der Waals surface area contributed by atoms with Crippen molar-refractivity contribution >= 4 is 29.2 Å². The Morgan fingerprint density at radius 2 is 2.21 bits per heavy atom. The normalized spacial score (nSPS) is 17.6. The van der Waals surface area contributed by atoms with Gasteiger partial charge in [-0.15, -0.1) is 0 Å². The number of amides is 1. The molecule has 0 unspecified atom stereocenters. The van der Waals surface area contributed by atoms with E-state index in [2.05, 4.69) is 0 Å². The number of aliphatic carboxylic acids is 1. The number of nitrogens with zero attached hydrogens (tertiary/aromatic N) is 1. The maximum atomic E-state index is 12.1. The minimum atomic E-state index is -0.985. The lowest BCUT2D eigenvalue weighted by atomic mass is 10.1. The molecular weight excluding hydrogens is 270 g/mol. The Balaban J connectivity index is 2.24. The monoisotopic (exact) mass is 283 g/mol. The predicted octanol–water partition coefficient (Wildman–Crippen LogP) is 2.32. The van der Waals surface area contributed by atoms with Gasteiger partial charge in [-0.05, 0) is 25.1 Å². The second-order valence-electron chi connectivity index (χ2n) is 4.44. The number of anilines is 1. The fourth-order valence-corrected chi connectivity index (χ4v) is 2.16. The van der Waals surface area contributed by atoms with Crippen LogP contribution in [0.15, 0.2) is 18.2 Å². The number of rotatable bonds is 3. The molecule has 0 bridgehead atoms. The molecule has 1 amide bonds. The molecule has 0 fully saturated rings. The molecule has 1 heterocycles. The average molecular weight is 284 g/mol. The molecule has 6 heteroatoms. The number of hydrogen-bond acceptors (Lipinski definition) is 3. The van der Waals surface area contributed by atoms with E-state index >= 15 is 0 Å². The maximum absolute atomic E-state index is 12.1. The lowest BCUT2D eigenvalue weighted by Gasteiger charge is -2.33. The van der Waals surface area contributed by atoms with Crippen molar-refractivity contribution in [3.8, 4) is 5.75 Å². The van der Waals surface area contributed by atoms with Gasteiger partial charge in [0.1, 0.15) is 11.9 Å². The van der Waals surface area contributed by atoms with Gasteiger partial charge in [-0.3, -0.25) is 9.59 Å². The second-order valence-corrected chi connectivity index (χ2v) is 4.88. The van der Waals surface area contributed by atoms with Gasteiger partial charge in [0.05, 0.1) is 18.7 Å². The van der Waals surface area contributed by atoms with Gasteiger partial charge in [-0.2, -0.15) is 0 Å². The minimum Gasteiger partial charge on any atom is -0.487 e. The third-order valence-electron chi connectivity index (χ3n) is 2.83. The Bertz CT molecular complexity index is 517. The summed E-state index contributed by atoms with van der Waals surface area (Å²) in [6.07, 6.45) is -0.350. The summed E-state index contributed by atoms with van der Waals surface area (Å²) < 4.78 is 5.62. The van der Waals surface area contributed by atoms with Gasteiger partial charge >= 0.3 is 5.97 Å². The summed E-state index contributed by atoms with van der Waals surface area (Å²) in [5.41, 5.74) is 0.598. The van der Waals surface area contributed by atoms with Crippen LogP contribution >= 0.6 is 11.6 Å². The summed E-state index contributed by atoms with van der Waals surface area (Å²) in [6.45, 7) is 2.25. The van der Waals surface area contributed by atoms with Crippen LogP contribution in [0.4, 0.5) is 5.69 Å². The molecule has 0 radical (unpaired) electrons. The molecule has 1 aromatic rings. The van der Waals surface area contributed by atoms with Gasteiger partial charge in [0.2, 0.25) is 5.91 Å². The molecule has 1 atom stereocenters. The first-order chi connectivity index (χ1) is 8.97. The van der Waals surface area contributed by atoms with Crippen LogP contribution in [0.2, 0.25) is 5.02 Å². The third kappa shape index (κ3) is 3.17. The van der Waals surface area contributed by atoms with Gasteiger partial charge in [0.25, 0.3) is 0 Å². The van der Waals surface area contributed by atoms with Crippen LogP contribution in [-0.2, 0) is 9.59 Å². The van der Waals surface area contributed by atoms with Gasteiger partial charge in [-0.1, -0.05) is 11.6 Å². The van der Waals surface area contributed by atoms with Crippen molar-refractivity contribution in [3.05, 3.63) is 23.2 Å². The number of carbonyl (C=O) groups is 2. The Morgan fingerprint density at radius 1 is 1.47 bits per heavy atom. The first-order valence-electron chi connectivity index (χ1n) is 5.95. The number of hydrogen-bond donors (Lipinski definition) is 1. The molecule has 0 aromatic heterocycles. The van der Waals surface area contributed by atoms with Crippen LogP contribution in [0.25, 0.3) is 0 Å². The molecule has 1 aromatic carbocycles. The summed E-state index contributed by atoms with van der Waals surface area (Å²) in [5, 5.41) is 9.14. The van der Waals surface area contributed by atoms with Gasteiger partial charge in [0, 0.05) is 11.4 Å².